The van der Waals surface area contributed by atoms with Crippen molar-refractivity contribution in [2.45, 2.75) is 6.92 Å². The number of carbonyl (C=O) groups excluding carboxylic acids is 2. The van der Waals surface area contributed by atoms with Crippen molar-refractivity contribution in [3.05, 3.63) is 41.4 Å². The molecule has 5 nitrogen and oxygen atoms in total. The molecule has 0 saturated carbocycles. The first kappa shape index (κ1) is 12.3. The van der Waals surface area contributed by atoms with Gasteiger partial charge in [-0.25, -0.2) is 4.98 Å². The Bertz CT molecular complexity index is 566. The predicted octanol–water partition coefficient (Wildman–Crippen LogP) is 2.35. The highest BCUT2D eigenvalue weighted by Crippen LogP contribution is 2.19. The number of nitrogens with one attached hydrogen (secondary N) is 2. The van der Waals surface area contributed by atoms with E-state index in [4.69, 9.17) is 0 Å². The van der Waals surface area contributed by atoms with Crippen molar-refractivity contribution >= 4 is 34.0 Å². The molecule has 1 aromatic heterocycles. The number of amides is 2. The SMILES string of the molecule is CC(=O)Nc1ncc(C(=O)Nc2ccccc2)s1. The van der Waals surface area contributed by atoms with Crippen molar-refractivity contribution in [1.29, 1.82) is 0 Å². The molecule has 18 heavy (non-hydrogen) atoms. The van der Waals surface area contributed by atoms with E-state index in [-0.39, 0.29) is 11.8 Å². The quantitative estimate of drug-likeness (QED) is 0.891. The Labute approximate surface area is 108 Å². The van der Waals surface area contributed by atoms with Gasteiger partial charge in [-0.15, -0.1) is 0 Å². The van der Waals surface area contributed by atoms with Crippen LogP contribution in [0.5, 0.6) is 0 Å². The van der Waals surface area contributed by atoms with Gasteiger partial charge in [0.05, 0.1) is 6.20 Å². The van der Waals surface area contributed by atoms with Crippen LogP contribution >= 0.6 is 11.3 Å². The lowest BCUT2D eigenvalue weighted by molar-refractivity contribution is -0.114. The van der Waals surface area contributed by atoms with E-state index < -0.39 is 0 Å². The van der Waals surface area contributed by atoms with E-state index in [1.165, 1.54) is 13.1 Å². The third kappa shape index (κ3) is 3.14. The summed E-state index contributed by atoms with van der Waals surface area (Å²) in [6.07, 6.45) is 1.44. The molecule has 2 N–H and O–H groups in total. The third-order valence-electron chi connectivity index (χ3n) is 2.04. The van der Waals surface area contributed by atoms with Gasteiger partial charge in [0.2, 0.25) is 5.91 Å². The molecule has 0 radical (unpaired) electrons. The van der Waals surface area contributed by atoms with Crippen LogP contribution in [0.1, 0.15) is 16.6 Å². The average molecular weight is 261 g/mol. The van der Waals surface area contributed by atoms with Gasteiger partial charge in [-0.05, 0) is 12.1 Å². The molecule has 6 heteroatoms. The summed E-state index contributed by atoms with van der Waals surface area (Å²) < 4.78 is 0. The normalized spacial score (nSPS) is 9.83. The molecular weight excluding hydrogens is 250 g/mol. The van der Waals surface area contributed by atoms with Crippen LogP contribution in [0, 0.1) is 0 Å². The fraction of sp³-hybridized carbons (Fsp3) is 0.0833. The maximum atomic E-state index is 11.9. The monoisotopic (exact) mass is 261 g/mol. The van der Waals surface area contributed by atoms with Gasteiger partial charge < -0.3 is 10.6 Å². The van der Waals surface area contributed by atoms with E-state index >= 15 is 0 Å². The number of nitrogens with zero attached hydrogens (tertiary/aromatic N) is 1. The first-order chi connectivity index (χ1) is 8.65. The largest absolute Gasteiger partial charge is 0.321 e. The number of anilines is 2. The fourth-order valence-electron chi connectivity index (χ4n) is 1.30. The summed E-state index contributed by atoms with van der Waals surface area (Å²) in [7, 11) is 0. The van der Waals surface area contributed by atoms with Gasteiger partial charge in [0.15, 0.2) is 5.13 Å². The Hall–Kier alpha value is -2.21. The number of carbonyl (C=O) groups is 2. The van der Waals surface area contributed by atoms with E-state index in [9.17, 15) is 9.59 Å². The number of rotatable bonds is 3. The second-order valence-electron chi connectivity index (χ2n) is 3.53. The molecule has 0 atom stereocenters. The lowest BCUT2D eigenvalue weighted by atomic mass is 10.3. The molecule has 1 heterocycles. The third-order valence-corrected chi connectivity index (χ3v) is 2.96. The number of aromatic nitrogens is 1. The second-order valence-corrected chi connectivity index (χ2v) is 4.56. The van der Waals surface area contributed by atoms with Gasteiger partial charge in [-0.2, -0.15) is 0 Å². The first-order valence-corrected chi connectivity index (χ1v) is 6.06. The van der Waals surface area contributed by atoms with Crippen molar-refractivity contribution in [2.75, 3.05) is 10.6 Å². The van der Waals surface area contributed by atoms with Crippen LogP contribution in [-0.2, 0) is 4.79 Å². The van der Waals surface area contributed by atoms with E-state index in [1.54, 1.807) is 12.1 Å². The molecule has 0 spiro atoms. The maximum Gasteiger partial charge on any atom is 0.267 e. The smallest absolute Gasteiger partial charge is 0.267 e. The van der Waals surface area contributed by atoms with Gasteiger partial charge in [0.25, 0.3) is 5.91 Å². The molecule has 0 aliphatic heterocycles. The Kier molecular flexibility index (Phi) is 3.69. The van der Waals surface area contributed by atoms with E-state index in [0.29, 0.717) is 10.0 Å². The summed E-state index contributed by atoms with van der Waals surface area (Å²) in [5.74, 6) is -0.449. The van der Waals surface area contributed by atoms with E-state index in [1.807, 2.05) is 18.2 Å². The minimum absolute atomic E-state index is 0.209. The number of benzene rings is 1. The molecule has 0 saturated heterocycles. The zero-order valence-electron chi connectivity index (χ0n) is 9.64. The van der Waals surface area contributed by atoms with Crippen LogP contribution < -0.4 is 10.6 Å². The highest BCUT2D eigenvalue weighted by Gasteiger charge is 2.11. The molecule has 0 aliphatic carbocycles. The first-order valence-electron chi connectivity index (χ1n) is 5.25. The average Bonchev–Trinajstić information content (AvgIpc) is 2.78. The minimum Gasteiger partial charge on any atom is -0.321 e. The van der Waals surface area contributed by atoms with Gasteiger partial charge in [0, 0.05) is 12.6 Å². The highest BCUT2D eigenvalue weighted by molar-refractivity contribution is 7.17. The van der Waals surface area contributed by atoms with Crippen LogP contribution in [-0.4, -0.2) is 16.8 Å². The summed E-state index contributed by atoms with van der Waals surface area (Å²) in [5.41, 5.74) is 0.719. The molecule has 2 amide bonds. The van der Waals surface area contributed by atoms with Crippen LogP contribution in [0.4, 0.5) is 10.8 Å². The van der Waals surface area contributed by atoms with Crippen molar-refractivity contribution in [2.24, 2.45) is 0 Å². The molecule has 2 rings (SSSR count). The van der Waals surface area contributed by atoms with Crippen LogP contribution in [0.2, 0.25) is 0 Å². The number of hydrogen-bond donors (Lipinski definition) is 2. The number of hydrogen-bond acceptors (Lipinski definition) is 4. The Morgan fingerprint density at radius 1 is 1.17 bits per heavy atom. The van der Waals surface area contributed by atoms with Crippen molar-refractivity contribution in [1.82, 2.24) is 4.98 Å². The van der Waals surface area contributed by atoms with Gasteiger partial charge in [-0.1, -0.05) is 29.5 Å². The zero-order chi connectivity index (χ0) is 13.0. The fourth-order valence-corrected chi connectivity index (χ4v) is 2.06. The summed E-state index contributed by atoms with van der Waals surface area (Å²) in [6.45, 7) is 1.39. The predicted molar refractivity (Wildman–Crippen MR) is 70.8 cm³/mol. The maximum absolute atomic E-state index is 11.9. The Balaban J connectivity index is 2.05. The molecule has 0 fully saturated rings. The van der Waals surface area contributed by atoms with Crippen LogP contribution in [0.25, 0.3) is 0 Å². The second kappa shape index (κ2) is 5.42. The van der Waals surface area contributed by atoms with Crippen LogP contribution in [0.3, 0.4) is 0 Å². The molecule has 0 unspecified atom stereocenters. The Morgan fingerprint density at radius 2 is 1.89 bits per heavy atom. The highest BCUT2D eigenvalue weighted by atomic mass is 32.1. The Morgan fingerprint density at radius 3 is 2.56 bits per heavy atom. The van der Waals surface area contributed by atoms with Crippen LogP contribution in [0.15, 0.2) is 36.5 Å². The summed E-state index contributed by atoms with van der Waals surface area (Å²) in [5, 5.41) is 5.69. The summed E-state index contributed by atoms with van der Waals surface area (Å²) in [4.78, 5) is 27.1. The number of para-hydroxylation sites is 1. The summed E-state index contributed by atoms with van der Waals surface area (Å²) in [6, 6.07) is 9.15. The molecule has 0 aliphatic rings. The molecule has 0 bridgehead atoms. The van der Waals surface area contributed by atoms with Gasteiger partial charge in [-0.3, -0.25) is 9.59 Å². The lowest BCUT2D eigenvalue weighted by Gasteiger charge is -2.01. The van der Waals surface area contributed by atoms with Crippen molar-refractivity contribution < 1.29 is 9.59 Å². The molecular formula is C12H11N3O2S. The van der Waals surface area contributed by atoms with Crippen molar-refractivity contribution in [3.8, 4) is 0 Å². The lowest BCUT2D eigenvalue weighted by Crippen LogP contribution is -2.09. The van der Waals surface area contributed by atoms with E-state index in [2.05, 4.69) is 15.6 Å². The minimum atomic E-state index is -0.240. The molecule has 1 aromatic carbocycles. The summed E-state index contributed by atoms with van der Waals surface area (Å²) >= 11 is 1.13. The van der Waals surface area contributed by atoms with Gasteiger partial charge in [0.1, 0.15) is 4.88 Å². The molecule has 2 aromatic rings. The zero-order valence-corrected chi connectivity index (χ0v) is 10.5. The number of thiazole rings is 1. The van der Waals surface area contributed by atoms with E-state index in [0.717, 1.165) is 17.0 Å². The standard InChI is InChI=1S/C12H11N3O2S/c1-8(16)14-12-13-7-10(18-12)11(17)15-9-5-3-2-4-6-9/h2-7H,1H3,(H,15,17)(H,13,14,16). The topological polar surface area (TPSA) is 71.1 Å². The molecule has 92 valence electrons. The van der Waals surface area contributed by atoms with Crippen molar-refractivity contribution in [3.63, 3.8) is 0 Å². The van der Waals surface area contributed by atoms with Gasteiger partial charge >= 0.3 is 0 Å².